The molecule has 0 radical (unpaired) electrons. The lowest BCUT2D eigenvalue weighted by atomic mass is 10.1. The van der Waals surface area contributed by atoms with Gasteiger partial charge in [0.2, 0.25) is 5.91 Å². The van der Waals surface area contributed by atoms with Gasteiger partial charge in [-0.15, -0.1) is 0 Å². The number of halogens is 1. The molecule has 3 N–H and O–H groups in total. The lowest BCUT2D eigenvalue weighted by Crippen LogP contribution is -2.53. The van der Waals surface area contributed by atoms with Crippen LogP contribution in [0.3, 0.4) is 0 Å². The van der Waals surface area contributed by atoms with E-state index in [0.29, 0.717) is 16.9 Å². The summed E-state index contributed by atoms with van der Waals surface area (Å²) >= 11 is 3.17. The Labute approximate surface area is 147 Å². The van der Waals surface area contributed by atoms with E-state index in [9.17, 15) is 9.59 Å². The van der Waals surface area contributed by atoms with Gasteiger partial charge in [-0.25, -0.2) is 4.68 Å². The molecular formula is C15H18BrN5O3. The lowest BCUT2D eigenvalue weighted by molar-refractivity contribution is -0.125. The van der Waals surface area contributed by atoms with E-state index in [-0.39, 0.29) is 17.7 Å². The van der Waals surface area contributed by atoms with Crippen LogP contribution in [0, 0.1) is 6.92 Å². The molecule has 1 saturated heterocycles. The summed E-state index contributed by atoms with van der Waals surface area (Å²) in [6.45, 7) is 3.83. The number of furan rings is 1. The number of nitrogens with one attached hydrogen (secondary N) is 3. The third-order valence-corrected chi connectivity index (χ3v) is 4.18. The SMILES string of the molecule is CCC1CC(=O)NC(n2nc(C)cc2NC(=O)c2ccc(Br)o2)N1. The number of nitrogens with zero attached hydrogens (tertiary/aromatic N) is 2. The second-order valence-corrected chi connectivity index (χ2v) is 6.40. The van der Waals surface area contributed by atoms with E-state index in [1.165, 1.54) is 0 Å². The number of anilines is 1. The Hall–Kier alpha value is -2.13. The van der Waals surface area contributed by atoms with E-state index in [1.54, 1.807) is 22.9 Å². The molecule has 1 fully saturated rings. The zero-order valence-corrected chi connectivity index (χ0v) is 14.9. The number of rotatable bonds is 4. The Morgan fingerprint density at radius 1 is 1.54 bits per heavy atom. The summed E-state index contributed by atoms with van der Waals surface area (Å²) in [5.74, 6) is 0.209. The lowest BCUT2D eigenvalue weighted by Gasteiger charge is -2.31. The normalized spacial score (nSPS) is 20.7. The molecule has 3 rings (SSSR count). The van der Waals surface area contributed by atoms with Crippen LogP contribution in [0.15, 0.2) is 27.3 Å². The second-order valence-electron chi connectivity index (χ2n) is 5.62. The van der Waals surface area contributed by atoms with Crippen LogP contribution >= 0.6 is 15.9 Å². The van der Waals surface area contributed by atoms with Gasteiger partial charge >= 0.3 is 0 Å². The fourth-order valence-electron chi connectivity index (χ4n) is 2.57. The van der Waals surface area contributed by atoms with Crippen molar-refractivity contribution in [1.29, 1.82) is 0 Å². The zero-order valence-electron chi connectivity index (χ0n) is 13.3. The van der Waals surface area contributed by atoms with Crippen molar-refractivity contribution < 1.29 is 14.0 Å². The monoisotopic (exact) mass is 395 g/mol. The van der Waals surface area contributed by atoms with E-state index in [0.717, 1.165) is 12.1 Å². The predicted molar refractivity (Wildman–Crippen MR) is 90.3 cm³/mol. The quantitative estimate of drug-likeness (QED) is 0.735. The Morgan fingerprint density at radius 3 is 3.00 bits per heavy atom. The summed E-state index contributed by atoms with van der Waals surface area (Å²) in [5.41, 5.74) is 0.723. The minimum Gasteiger partial charge on any atom is -0.444 e. The highest BCUT2D eigenvalue weighted by Crippen LogP contribution is 2.20. The minimum atomic E-state index is -0.511. The maximum Gasteiger partial charge on any atom is 0.292 e. The van der Waals surface area contributed by atoms with Crippen LogP contribution in [0.4, 0.5) is 5.82 Å². The first-order valence-corrected chi connectivity index (χ1v) is 8.44. The molecule has 0 bridgehead atoms. The average Bonchev–Trinajstić information content (AvgIpc) is 3.12. The van der Waals surface area contributed by atoms with Gasteiger partial charge in [-0.2, -0.15) is 5.10 Å². The molecule has 24 heavy (non-hydrogen) atoms. The van der Waals surface area contributed by atoms with Crippen molar-refractivity contribution in [2.24, 2.45) is 0 Å². The highest BCUT2D eigenvalue weighted by atomic mass is 79.9. The first-order chi connectivity index (χ1) is 11.5. The molecule has 8 nitrogen and oxygen atoms in total. The smallest absolute Gasteiger partial charge is 0.292 e. The molecule has 0 aromatic carbocycles. The molecule has 1 aliphatic heterocycles. The molecule has 2 aromatic rings. The van der Waals surface area contributed by atoms with Gasteiger partial charge in [-0.3, -0.25) is 14.9 Å². The molecule has 2 aromatic heterocycles. The van der Waals surface area contributed by atoms with Crippen LogP contribution in [0.25, 0.3) is 0 Å². The van der Waals surface area contributed by atoms with E-state index in [4.69, 9.17) is 4.42 Å². The van der Waals surface area contributed by atoms with E-state index >= 15 is 0 Å². The van der Waals surface area contributed by atoms with E-state index in [2.05, 4.69) is 37.0 Å². The Morgan fingerprint density at radius 2 is 2.33 bits per heavy atom. The molecule has 128 valence electrons. The fraction of sp³-hybridized carbons (Fsp3) is 0.400. The number of aryl methyl sites for hydroxylation is 1. The van der Waals surface area contributed by atoms with Crippen LogP contribution in [-0.4, -0.2) is 27.6 Å². The van der Waals surface area contributed by atoms with Crippen LogP contribution < -0.4 is 16.0 Å². The van der Waals surface area contributed by atoms with Crippen LogP contribution in [0.5, 0.6) is 0 Å². The summed E-state index contributed by atoms with van der Waals surface area (Å²) < 4.78 is 7.29. The molecule has 0 aliphatic carbocycles. The highest BCUT2D eigenvalue weighted by Gasteiger charge is 2.28. The number of carbonyl (C=O) groups excluding carboxylic acids is 2. The third kappa shape index (κ3) is 3.51. The molecular weight excluding hydrogens is 378 g/mol. The van der Waals surface area contributed by atoms with Gasteiger partial charge in [0.1, 0.15) is 5.82 Å². The standard InChI is InChI=1S/C15H18BrN5O3/c1-3-9-7-13(22)19-15(17-9)21-12(6-8(2)20-21)18-14(23)10-4-5-11(16)24-10/h4-6,9,15,17H,3,7H2,1-2H3,(H,18,23)(H,19,22). The maximum absolute atomic E-state index is 12.3. The summed E-state index contributed by atoms with van der Waals surface area (Å²) in [4.78, 5) is 24.2. The van der Waals surface area contributed by atoms with Gasteiger partial charge in [0.15, 0.2) is 16.7 Å². The van der Waals surface area contributed by atoms with Gasteiger partial charge in [0, 0.05) is 18.5 Å². The first kappa shape index (κ1) is 16.7. The predicted octanol–water partition coefficient (Wildman–Crippen LogP) is 2.14. The Balaban J connectivity index is 1.82. The van der Waals surface area contributed by atoms with E-state index in [1.807, 2.05) is 13.8 Å². The molecule has 2 unspecified atom stereocenters. The van der Waals surface area contributed by atoms with Gasteiger partial charge < -0.3 is 15.1 Å². The van der Waals surface area contributed by atoms with Crippen molar-refractivity contribution in [2.75, 3.05) is 5.32 Å². The Bertz CT molecular complexity index is 769. The molecule has 9 heteroatoms. The van der Waals surface area contributed by atoms with Gasteiger partial charge in [-0.1, -0.05) is 6.92 Å². The summed E-state index contributed by atoms with van der Waals surface area (Å²) in [7, 11) is 0. The molecule has 2 amide bonds. The van der Waals surface area contributed by atoms with Crippen molar-refractivity contribution in [1.82, 2.24) is 20.4 Å². The van der Waals surface area contributed by atoms with Crippen LogP contribution in [-0.2, 0) is 4.79 Å². The number of aromatic nitrogens is 2. The number of hydrogen-bond acceptors (Lipinski definition) is 5. The first-order valence-electron chi connectivity index (χ1n) is 7.64. The van der Waals surface area contributed by atoms with Crippen molar-refractivity contribution in [3.63, 3.8) is 0 Å². The Kier molecular flexibility index (Phi) is 4.72. The largest absolute Gasteiger partial charge is 0.444 e. The average molecular weight is 396 g/mol. The van der Waals surface area contributed by atoms with Gasteiger partial charge in [0.25, 0.3) is 5.91 Å². The maximum atomic E-state index is 12.3. The summed E-state index contributed by atoms with van der Waals surface area (Å²) in [6, 6.07) is 5.02. The van der Waals surface area contributed by atoms with Crippen LogP contribution in [0.2, 0.25) is 0 Å². The molecule has 2 atom stereocenters. The van der Waals surface area contributed by atoms with Crippen molar-refractivity contribution in [3.05, 3.63) is 34.3 Å². The van der Waals surface area contributed by atoms with Crippen LogP contribution in [0.1, 0.15) is 42.3 Å². The molecule has 3 heterocycles. The fourth-order valence-corrected chi connectivity index (χ4v) is 2.88. The van der Waals surface area contributed by atoms with Gasteiger partial charge in [-0.05, 0) is 41.4 Å². The van der Waals surface area contributed by atoms with Crippen molar-refractivity contribution in [3.8, 4) is 0 Å². The highest BCUT2D eigenvalue weighted by molar-refractivity contribution is 9.10. The number of hydrogen-bond donors (Lipinski definition) is 3. The summed E-state index contributed by atoms with van der Waals surface area (Å²) in [5, 5.41) is 13.3. The van der Waals surface area contributed by atoms with Crippen molar-refractivity contribution >= 4 is 33.6 Å². The topological polar surface area (TPSA) is 101 Å². The number of amides is 2. The summed E-state index contributed by atoms with van der Waals surface area (Å²) in [6.07, 6.45) is 0.741. The van der Waals surface area contributed by atoms with Gasteiger partial charge in [0.05, 0.1) is 5.69 Å². The molecule has 1 aliphatic rings. The third-order valence-electron chi connectivity index (χ3n) is 3.76. The van der Waals surface area contributed by atoms with E-state index < -0.39 is 12.2 Å². The van der Waals surface area contributed by atoms with Crippen molar-refractivity contribution in [2.45, 2.75) is 39.0 Å². The molecule has 0 saturated carbocycles. The second kappa shape index (κ2) is 6.78. The molecule has 0 spiro atoms. The minimum absolute atomic E-state index is 0.0500. The number of carbonyl (C=O) groups is 2. The zero-order chi connectivity index (χ0) is 17.3.